The molecular formula is C18H25N3O2S. The number of carbonyl (C=O) groups excluding carboxylic acids is 1. The van der Waals surface area contributed by atoms with E-state index in [-0.39, 0.29) is 11.5 Å². The van der Waals surface area contributed by atoms with E-state index >= 15 is 0 Å². The molecule has 0 bridgehead atoms. The zero-order chi connectivity index (χ0) is 17.1. The molecule has 5 nitrogen and oxygen atoms in total. The van der Waals surface area contributed by atoms with E-state index in [0.717, 1.165) is 12.1 Å². The van der Waals surface area contributed by atoms with E-state index in [1.54, 1.807) is 7.05 Å². The van der Waals surface area contributed by atoms with Crippen molar-refractivity contribution in [1.29, 1.82) is 0 Å². The Morgan fingerprint density at radius 1 is 1.29 bits per heavy atom. The molecule has 130 valence electrons. The molecule has 1 N–H and O–H groups in total. The number of hydrogen-bond donors (Lipinski definition) is 1. The summed E-state index contributed by atoms with van der Waals surface area (Å²) in [6.07, 6.45) is 10.4. The number of hydrogen-bond acceptors (Lipinski definition) is 4. The number of aromatic nitrogens is 2. The van der Waals surface area contributed by atoms with Gasteiger partial charge in [-0.3, -0.25) is 9.59 Å². The van der Waals surface area contributed by atoms with Gasteiger partial charge in [0.2, 0.25) is 0 Å². The monoisotopic (exact) mass is 347 g/mol. The van der Waals surface area contributed by atoms with E-state index in [1.807, 2.05) is 6.92 Å². The van der Waals surface area contributed by atoms with Crippen LogP contribution in [-0.4, -0.2) is 22.0 Å². The standard InChI is InChI=1S/C18H25N3O2S/c1-12-14-17(20-11-21(2)18(14)23)24-15(12)16(22)19-10-13-8-6-4-3-5-7-9-13/h11,13H,3-10H2,1-2H3,(H,19,22). The Bertz CT molecular complexity index is 785. The lowest BCUT2D eigenvalue weighted by molar-refractivity contribution is 0.0948. The van der Waals surface area contributed by atoms with Crippen LogP contribution in [0, 0.1) is 12.8 Å². The quantitative estimate of drug-likeness (QED) is 0.925. The Labute approximate surface area is 146 Å². The van der Waals surface area contributed by atoms with Gasteiger partial charge in [0.05, 0.1) is 16.6 Å². The summed E-state index contributed by atoms with van der Waals surface area (Å²) in [6, 6.07) is 0. The first-order valence-corrected chi connectivity index (χ1v) is 9.62. The van der Waals surface area contributed by atoms with Gasteiger partial charge in [-0.25, -0.2) is 4.98 Å². The highest BCUT2D eigenvalue weighted by Crippen LogP contribution is 2.27. The predicted molar refractivity (Wildman–Crippen MR) is 97.7 cm³/mol. The molecule has 0 unspecified atom stereocenters. The molecule has 0 radical (unpaired) electrons. The van der Waals surface area contributed by atoms with Gasteiger partial charge in [0, 0.05) is 13.6 Å². The van der Waals surface area contributed by atoms with Crippen molar-refractivity contribution in [1.82, 2.24) is 14.9 Å². The Kier molecular flexibility index (Phi) is 5.33. The molecule has 1 fully saturated rings. The number of fused-ring (bicyclic) bond motifs is 1. The second-order valence-electron chi connectivity index (χ2n) is 6.82. The zero-order valence-electron chi connectivity index (χ0n) is 14.4. The fraction of sp³-hybridized carbons (Fsp3) is 0.611. The summed E-state index contributed by atoms with van der Waals surface area (Å²) in [4.78, 5) is 30.4. The SMILES string of the molecule is Cc1c(C(=O)NCC2CCCCCCC2)sc2ncn(C)c(=O)c12. The summed E-state index contributed by atoms with van der Waals surface area (Å²) in [7, 11) is 1.68. The molecule has 2 aromatic rings. The van der Waals surface area contributed by atoms with Crippen molar-refractivity contribution in [3.63, 3.8) is 0 Å². The second-order valence-corrected chi connectivity index (χ2v) is 7.82. The van der Waals surface area contributed by atoms with Crippen LogP contribution >= 0.6 is 11.3 Å². The van der Waals surface area contributed by atoms with E-state index in [9.17, 15) is 9.59 Å². The van der Waals surface area contributed by atoms with Gasteiger partial charge in [-0.05, 0) is 31.2 Å². The molecule has 0 aliphatic heterocycles. The van der Waals surface area contributed by atoms with Gasteiger partial charge in [-0.1, -0.05) is 32.1 Å². The van der Waals surface area contributed by atoms with Gasteiger partial charge in [0.25, 0.3) is 11.5 Å². The maximum atomic E-state index is 12.6. The van der Waals surface area contributed by atoms with Gasteiger partial charge in [-0.15, -0.1) is 11.3 Å². The third-order valence-corrected chi connectivity index (χ3v) is 6.19. The minimum Gasteiger partial charge on any atom is -0.351 e. The van der Waals surface area contributed by atoms with E-state index < -0.39 is 0 Å². The van der Waals surface area contributed by atoms with E-state index in [0.29, 0.717) is 21.0 Å². The third-order valence-electron chi connectivity index (χ3n) is 4.99. The molecule has 0 spiro atoms. The summed E-state index contributed by atoms with van der Waals surface area (Å²) in [5.74, 6) is 0.509. The predicted octanol–water partition coefficient (Wildman–Crippen LogP) is 3.39. The van der Waals surface area contributed by atoms with Crippen molar-refractivity contribution in [3.8, 4) is 0 Å². The number of nitrogens with one attached hydrogen (secondary N) is 1. The van der Waals surface area contributed by atoms with Gasteiger partial charge in [-0.2, -0.15) is 0 Å². The van der Waals surface area contributed by atoms with Crippen molar-refractivity contribution in [2.24, 2.45) is 13.0 Å². The number of carbonyl (C=O) groups is 1. The Morgan fingerprint density at radius 3 is 2.67 bits per heavy atom. The smallest absolute Gasteiger partial charge is 0.262 e. The van der Waals surface area contributed by atoms with Crippen LogP contribution in [0.3, 0.4) is 0 Å². The minimum atomic E-state index is -0.0900. The Hall–Kier alpha value is -1.69. The lowest BCUT2D eigenvalue weighted by Gasteiger charge is -2.19. The molecule has 0 atom stereocenters. The summed E-state index contributed by atoms with van der Waals surface area (Å²) in [5.41, 5.74) is 0.659. The zero-order valence-corrected chi connectivity index (χ0v) is 15.2. The first kappa shape index (κ1) is 17.1. The van der Waals surface area contributed by atoms with Crippen LogP contribution in [0.1, 0.15) is 60.2 Å². The minimum absolute atomic E-state index is 0.0698. The second kappa shape index (κ2) is 7.47. The first-order valence-electron chi connectivity index (χ1n) is 8.81. The van der Waals surface area contributed by atoms with Crippen molar-refractivity contribution < 1.29 is 4.79 Å². The fourth-order valence-corrected chi connectivity index (χ4v) is 4.54. The molecule has 1 aliphatic carbocycles. The number of aryl methyl sites for hydroxylation is 2. The molecule has 1 amide bonds. The number of thiophene rings is 1. The van der Waals surface area contributed by atoms with Crippen molar-refractivity contribution in [3.05, 3.63) is 27.1 Å². The van der Waals surface area contributed by atoms with Crippen LogP contribution in [-0.2, 0) is 7.05 Å². The average molecular weight is 347 g/mol. The largest absolute Gasteiger partial charge is 0.351 e. The average Bonchev–Trinajstić information content (AvgIpc) is 2.87. The van der Waals surface area contributed by atoms with Crippen LogP contribution in [0.2, 0.25) is 0 Å². The third kappa shape index (κ3) is 3.53. The Morgan fingerprint density at radius 2 is 1.96 bits per heavy atom. The summed E-state index contributed by atoms with van der Waals surface area (Å²) in [5, 5.41) is 3.66. The molecule has 3 rings (SSSR count). The highest BCUT2D eigenvalue weighted by atomic mass is 32.1. The fourth-order valence-electron chi connectivity index (χ4n) is 3.49. The maximum absolute atomic E-state index is 12.6. The van der Waals surface area contributed by atoms with Crippen LogP contribution in [0.25, 0.3) is 10.2 Å². The van der Waals surface area contributed by atoms with Crippen LogP contribution in [0.5, 0.6) is 0 Å². The highest BCUT2D eigenvalue weighted by molar-refractivity contribution is 7.20. The number of nitrogens with zero attached hydrogens (tertiary/aromatic N) is 2. The van der Waals surface area contributed by atoms with Crippen molar-refractivity contribution in [2.45, 2.75) is 51.9 Å². The lowest BCUT2D eigenvalue weighted by Crippen LogP contribution is -2.29. The van der Waals surface area contributed by atoms with Gasteiger partial charge in [0.15, 0.2) is 0 Å². The summed E-state index contributed by atoms with van der Waals surface area (Å²) < 4.78 is 1.46. The van der Waals surface area contributed by atoms with Gasteiger partial charge < -0.3 is 9.88 Å². The highest BCUT2D eigenvalue weighted by Gasteiger charge is 2.20. The molecule has 2 heterocycles. The van der Waals surface area contributed by atoms with E-state index in [4.69, 9.17) is 0 Å². The summed E-state index contributed by atoms with van der Waals surface area (Å²) in [6.45, 7) is 2.57. The normalized spacial score (nSPS) is 16.8. The van der Waals surface area contributed by atoms with Crippen LogP contribution < -0.4 is 10.9 Å². The number of rotatable bonds is 3. The molecule has 24 heavy (non-hydrogen) atoms. The van der Waals surface area contributed by atoms with Crippen LogP contribution in [0.15, 0.2) is 11.1 Å². The van der Waals surface area contributed by atoms with E-state index in [2.05, 4.69) is 10.3 Å². The molecule has 1 saturated carbocycles. The summed E-state index contributed by atoms with van der Waals surface area (Å²) >= 11 is 1.31. The lowest BCUT2D eigenvalue weighted by atomic mass is 9.91. The topological polar surface area (TPSA) is 64.0 Å². The Balaban J connectivity index is 1.73. The number of amides is 1. The van der Waals surface area contributed by atoms with Crippen molar-refractivity contribution >= 4 is 27.5 Å². The molecule has 0 saturated heterocycles. The van der Waals surface area contributed by atoms with Gasteiger partial charge in [0.1, 0.15) is 4.83 Å². The molecular weight excluding hydrogens is 322 g/mol. The molecule has 2 aromatic heterocycles. The molecule has 0 aromatic carbocycles. The van der Waals surface area contributed by atoms with E-state index in [1.165, 1.54) is 67.2 Å². The first-order chi connectivity index (χ1) is 11.6. The van der Waals surface area contributed by atoms with Crippen LogP contribution in [0.4, 0.5) is 0 Å². The molecule has 1 aliphatic rings. The maximum Gasteiger partial charge on any atom is 0.262 e. The van der Waals surface area contributed by atoms with Gasteiger partial charge >= 0.3 is 0 Å². The molecule has 6 heteroatoms. The van der Waals surface area contributed by atoms with Crippen molar-refractivity contribution in [2.75, 3.05) is 6.54 Å².